The minimum absolute atomic E-state index is 0.0361. The molecule has 6 rings (SSSR count). The molecule has 0 radical (unpaired) electrons. The summed E-state index contributed by atoms with van der Waals surface area (Å²) >= 11 is 0. The lowest BCUT2D eigenvalue weighted by Crippen LogP contribution is -2.40. The van der Waals surface area contributed by atoms with Crippen molar-refractivity contribution in [1.29, 1.82) is 0 Å². The average Bonchev–Trinajstić information content (AvgIpc) is 3.76. The number of ether oxygens (including phenoxy) is 2. The number of fused-ring (bicyclic) bond motifs is 1. The van der Waals surface area contributed by atoms with Gasteiger partial charge in [0.15, 0.2) is 0 Å². The van der Waals surface area contributed by atoms with Crippen LogP contribution in [0.3, 0.4) is 0 Å². The van der Waals surface area contributed by atoms with E-state index < -0.39 is 11.9 Å². The fourth-order valence-corrected chi connectivity index (χ4v) is 6.64. The SMILES string of the molecule is COc1cc(-c2ccc(C3CCc4ccc([C@H](C)[C@H](C)C(=O)O)cc4O3)cc2CN2CCCCC23CC3)ccn1. The highest BCUT2D eigenvalue weighted by Gasteiger charge is 2.48. The maximum absolute atomic E-state index is 11.6. The van der Waals surface area contributed by atoms with E-state index >= 15 is 0 Å². The standard InChI is InChI=1S/C34H40N2O4/c1-22(23(2)33(37)38)25-7-6-24-9-11-30(40-31(24)19-25)27-8-10-29(26-12-16-35-32(20-26)39-3)28(18-27)21-36-17-5-4-13-34(36)14-15-34/h6-8,10,12,16,18-20,22-23,30H,4-5,9,11,13-15,17,21H2,1-3H3,(H,37,38)/t22-,23+,30?/m1/s1. The van der Waals surface area contributed by atoms with Crippen LogP contribution < -0.4 is 9.47 Å². The van der Waals surface area contributed by atoms with Gasteiger partial charge < -0.3 is 14.6 Å². The lowest BCUT2D eigenvalue weighted by atomic mass is 9.87. The summed E-state index contributed by atoms with van der Waals surface area (Å²) in [5.41, 5.74) is 7.48. The van der Waals surface area contributed by atoms with E-state index in [2.05, 4.69) is 52.3 Å². The van der Waals surface area contributed by atoms with Crippen LogP contribution >= 0.6 is 0 Å². The highest BCUT2D eigenvalue weighted by molar-refractivity contribution is 5.71. The van der Waals surface area contributed by atoms with Gasteiger partial charge in [-0.15, -0.1) is 0 Å². The van der Waals surface area contributed by atoms with Crippen LogP contribution in [0.2, 0.25) is 0 Å². The molecule has 6 heteroatoms. The number of aryl methyl sites for hydroxylation is 1. The number of aromatic nitrogens is 1. The molecule has 3 aromatic rings. The predicted molar refractivity (Wildman–Crippen MR) is 156 cm³/mol. The number of carboxylic acids is 1. The highest BCUT2D eigenvalue weighted by atomic mass is 16.5. The number of likely N-dealkylation sites (tertiary alicyclic amines) is 1. The molecule has 2 aromatic carbocycles. The zero-order valence-electron chi connectivity index (χ0n) is 23.9. The van der Waals surface area contributed by atoms with Crippen molar-refractivity contribution >= 4 is 5.97 Å². The highest BCUT2D eigenvalue weighted by Crippen LogP contribution is 2.49. The van der Waals surface area contributed by atoms with E-state index in [-0.39, 0.29) is 12.0 Å². The van der Waals surface area contributed by atoms with Crippen LogP contribution in [0.4, 0.5) is 0 Å². The van der Waals surface area contributed by atoms with Crippen LogP contribution in [-0.4, -0.2) is 40.2 Å². The van der Waals surface area contributed by atoms with Gasteiger partial charge >= 0.3 is 5.97 Å². The first-order valence-electron chi connectivity index (χ1n) is 14.8. The molecule has 1 saturated carbocycles. The fraction of sp³-hybridized carbons (Fsp3) is 0.471. The molecule has 1 aliphatic carbocycles. The van der Waals surface area contributed by atoms with E-state index in [1.807, 2.05) is 19.2 Å². The summed E-state index contributed by atoms with van der Waals surface area (Å²) in [6, 6.07) is 17.2. The Bertz CT molecular complexity index is 1400. The molecule has 3 aliphatic rings. The molecular formula is C34H40N2O4. The second-order valence-corrected chi connectivity index (χ2v) is 12.0. The molecule has 0 bridgehead atoms. The van der Waals surface area contributed by atoms with Crippen LogP contribution in [0.1, 0.15) is 86.6 Å². The number of piperidine rings is 1. The molecule has 1 spiro atoms. The largest absolute Gasteiger partial charge is 0.485 e. The third-order valence-corrected chi connectivity index (χ3v) is 9.64. The van der Waals surface area contributed by atoms with Gasteiger partial charge in [-0.05, 0) is 96.5 Å². The molecule has 0 amide bonds. The summed E-state index contributed by atoms with van der Waals surface area (Å²) in [4.78, 5) is 18.6. The zero-order valence-corrected chi connectivity index (χ0v) is 23.9. The third-order valence-electron chi connectivity index (χ3n) is 9.64. The number of benzene rings is 2. The Balaban J connectivity index is 1.31. The van der Waals surface area contributed by atoms with Crippen molar-refractivity contribution in [3.05, 3.63) is 77.0 Å². The smallest absolute Gasteiger partial charge is 0.306 e. The monoisotopic (exact) mass is 540 g/mol. The maximum atomic E-state index is 11.6. The van der Waals surface area contributed by atoms with Gasteiger partial charge in [0.1, 0.15) is 11.9 Å². The Kier molecular flexibility index (Phi) is 7.30. The summed E-state index contributed by atoms with van der Waals surface area (Å²) in [5.74, 6) is 0.192. The zero-order chi connectivity index (χ0) is 27.9. The Labute approximate surface area is 237 Å². The molecule has 210 valence electrons. The van der Waals surface area contributed by atoms with Crippen molar-refractivity contribution in [2.24, 2.45) is 5.92 Å². The summed E-state index contributed by atoms with van der Waals surface area (Å²) < 4.78 is 12.1. The van der Waals surface area contributed by atoms with Crippen molar-refractivity contribution in [3.8, 4) is 22.8 Å². The quantitative estimate of drug-likeness (QED) is 0.327. The number of methoxy groups -OCH3 is 1. The number of carbonyl (C=O) groups is 1. The molecule has 3 atom stereocenters. The lowest BCUT2D eigenvalue weighted by molar-refractivity contribution is -0.141. The predicted octanol–water partition coefficient (Wildman–Crippen LogP) is 7.17. The molecule has 1 N–H and O–H groups in total. The molecule has 2 aliphatic heterocycles. The first-order chi connectivity index (χ1) is 19.4. The number of pyridine rings is 1. The molecule has 1 aromatic heterocycles. The normalized spacial score (nSPS) is 21.2. The van der Waals surface area contributed by atoms with Gasteiger partial charge in [0, 0.05) is 24.3 Å². The minimum atomic E-state index is -0.773. The summed E-state index contributed by atoms with van der Waals surface area (Å²) in [6.45, 7) is 5.84. The fourth-order valence-electron chi connectivity index (χ4n) is 6.64. The summed E-state index contributed by atoms with van der Waals surface area (Å²) in [5, 5.41) is 9.51. The van der Waals surface area contributed by atoms with Gasteiger partial charge in [0.25, 0.3) is 0 Å². The number of rotatable bonds is 8. The molecule has 40 heavy (non-hydrogen) atoms. The average molecular weight is 541 g/mol. The van der Waals surface area contributed by atoms with E-state index in [0.29, 0.717) is 11.4 Å². The van der Waals surface area contributed by atoms with Gasteiger partial charge in [-0.1, -0.05) is 50.6 Å². The van der Waals surface area contributed by atoms with Crippen molar-refractivity contribution in [2.45, 2.75) is 82.9 Å². The molecule has 1 unspecified atom stereocenters. The number of nitrogens with zero attached hydrogens (tertiary/aromatic N) is 2. The third kappa shape index (κ3) is 5.22. The van der Waals surface area contributed by atoms with Crippen LogP contribution in [0, 0.1) is 5.92 Å². The van der Waals surface area contributed by atoms with Gasteiger partial charge in [-0.2, -0.15) is 0 Å². The van der Waals surface area contributed by atoms with E-state index in [1.54, 1.807) is 14.0 Å². The minimum Gasteiger partial charge on any atom is -0.485 e. The van der Waals surface area contributed by atoms with Crippen LogP contribution in [-0.2, 0) is 17.8 Å². The molecule has 2 fully saturated rings. The maximum Gasteiger partial charge on any atom is 0.306 e. The molecule has 6 nitrogen and oxygen atoms in total. The van der Waals surface area contributed by atoms with Crippen molar-refractivity contribution in [1.82, 2.24) is 9.88 Å². The second-order valence-electron chi connectivity index (χ2n) is 12.0. The first kappa shape index (κ1) is 26.8. The van der Waals surface area contributed by atoms with Crippen molar-refractivity contribution < 1.29 is 19.4 Å². The number of hydrogen-bond donors (Lipinski definition) is 1. The van der Waals surface area contributed by atoms with Gasteiger partial charge in [-0.3, -0.25) is 9.69 Å². The van der Waals surface area contributed by atoms with E-state index in [0.717, 1.165) is 42.8 Å². The second kappa shape index (κ2) is 10.9. The van der Waals surface area contributed by atoms with Crippen molar-refractivity contribution in [3.63, 3.8) is 0 Å². The van der Waals surface area contributed by atoms with Crippen LogP contribution in [0.25, 0.3) is 11.1 Å². The topological polar surface area (TPSA) is 71.9 Å². The first-order valence-corrected chi connectivity index (χ1v) is 14.8. The summed E-state index contributed by atoms with van der Waals surface area (Å²) in [6.07, 6.45) is 10.2. The van der Waals surface area contributed by atoms with E-state index in [4.69, 9.17) is 9.47 Å². The molecule has 3 heterocycles. The lowest BCUT2D eigenvalue weighted by Gasteiger charge is -2.37. The van der Waals surface area contributed by atoms with Gasteiger partial charge in [0.05, 0.1) is 13.0 Å². The number of carboxylic acid groups (broad SMARTS) is 1. The van der Waals surface area contributed by atoms with Crippen LogP contribution in [0.15, 0.2) is 54.7 Å². The Morgan fingerprint density at radius 3 is 2.75 bits per heavy atom. The Morgan fingerprint density at radius 1 is 1.12 bits per heavy atom. The van der Waals surface area contributed by atoms with Gasteiger partial charge in [-0.25, -0.2) is 4.98 Å². The van der Waals surface area contributed by atoms with Crippen molar-refractivity contribution in [2.75, 3.05) is 13.7 Å². The van der Waals surface area contributed by atoms with E-state index in [1.165, 1.54) is 54.4 Å². The molecular weight excluding hydrogens is 500 g/mol. The number of aliphatic carboxylic acids is 1. The van der Waals surface area contributed by atoms with Crippen LogP contribution in [0.5, 0.6) is 11.6 Å². The Morgan fingerprint density at radius 2 is 1.98 bits per heavy atom. The van der Waals surface area contributed by atoms with Gasteiger partial charge in [0.2, 0.25) is 5.88 Å². The summed E-state index contributed by atoms with van der Waals surface area (Å²) in [7, 11) is 1.66. The van der Waals surface area contributed by atoms with E-state index in [9.17, 15) is 9.90 Å². The Hall–Kier alpha value is -3.38. The number of hydrogen-bond acceptors (Lipinski definition) is 5. The molecule has 1 saturated heterocycles.